The molecule has 0 saturated carbocycles. The van der Waals surface area contributed by atoms with Crippen molar-refractivity contribution in [2.75, 3.05) is 13.1 Å². The van der Waals surface area contributed by atoms with Crippen LogP contribution in [-0.2, 0) is 16.1 Å². The number of hydrogen-bond acceptors (Lipinski definition) is 4. The Bertz CT molecular complexity index is 534. The van der Waals surface area contributed by atoms with Crippen molar-refractivity contribution >= 4 is 12.1 Å². The number of ether oxygens (including phenoxy) is 1. The summed E-state index contributed by atoms with van der Waals surface area (Å²) >= 11 is 0. The van der Waals surface area contributed by atoms with Crippen molar-refractivity contribution in [2.45, 2.75) is 32.4 Å². The Kier molecular flexibility index (Phi) is 5.03. The normalized spacial score (nSPS) is 25.4. The van der Waals surface area contributed by atoms with Gasteiger partial charge in [-0.25, -0.2) is 4.79 Å². The van der Waals surface area contributed by atoms with Crippen LogP contribution in [-0.4, -0.2) is 41.2 Å². The van der Waals surface area contributed by atoms with E-state index in [1.165, 1.54) is 4.90 Å². The van der Waals surface area contributed by atoms with Gasteiger partial charge in [0.25, 0.3) is 0 Å². The summed E-state index contributed by atoms with van der Waals surface area (Å²) in [4.78, 5) is 25.1. The standard InChI is InChI=1S/C16H22N2O4/c1-16(14(19)20)8-10-18(9-7-13(16)17)15(21)22-11-12-5-3-2-4-6-12/h2-6,13H,7-11,17H2,1H3,(H,19,20). The number of carbonyl (C=O) groups excluding carboxylic acids is 1. The molecule has 120 valence electrons. The van der Waals surface area contributed by atoms with Crippen molar-refractivity contribution in [3.05, 3.63) is 35.9 Å². The van der Waals surface area contributed by atoms with E-state index in [2.05, 4.69) is 0 Å². The first-order valence-electron chi connectivity index (χ1n) is 7.38. The summed E-state index contributed by atoms with van der Waals surface area (Å²) < 4.78 is 5.29. The van der Waals surface area contributed by atoms with Gasteiger partial charge in [-0.3, -0.25) is 4.79 Å². The monoisotopic (exact) mass is 306 g/mol. The molecule has 1 amide bonds. The quantitative estimate of drug-likeness (QED) is 0.889. The molecule has 22 heavy (non-hydrogen) atoms. The predicted octanol–water partition coefficient (Wildman–Crippen LogP) is 1.84. The molecule has 0 radical (unpaired) electrons. The summed E-state index contributed by atoms with van der Waals surface area (Å²) in [6.45, 7) is 2.60. The van der Waals surface area contributed by atoms with E-state index in [0.717, 1.165) is 5.56 Å². The summed E-state index contributed by atoms with van der Waals surface area (Å²) in [6.07, 6.45) is 0.346. The van der Waals surface area contributed by atoms with Crippen LogP contribution in [0.25, 0.3) is 0 Å². The molecule has 2 rings (SSSR count). The van der Waals surface area contributed by atoms with Gasteiger partial charge in [-0.15, -0.1) is 0 Å². The van der Waals surface area contributed by atoms with Crippen LogP contribution >= 0.6 is 0 Å². The minimum Gasteiger partial charge on any atom is -0.481 e. The van der Waals surface area contributed by atoms with Crippen LogP contribution in [0.2, 0.25) is 0 Å². The minimum absolute atomic E-state index is 0.207. The van der Waals surface area contributed by atoms with Crippen LogP contribution in [0, 0.1) is 5.41 Å². The molecule has 6 heteroatoms. The fourth-order valence-electron chi connectivity index (χ4n) is 2.54. The molecule has 0 aromatic heterocycles. The summed E-state index contributed by atoms with van der Waals surface area (Å²) in [5.41, 5.74) is 5.89. The van der Waals surface area contributed by atoms with Crippen LogP contribution in [0.1, 0.15) is 25.3 Å². The number of likely N-dealkylation sites (tertiary alicyclic amines) is 1. The van der Waals surface area contributed by atoms with Crippen LogP contribution in [0.15, 0.2) is 30.3 Å². The van der Waals surface area contributed by atoms with Crippen LogP contribution < -0.4 is 5.73 Å². The molecule has 1 aliphatic heterocycles. The van der Waals surface area contributed by atoms with Gasteiger partial charge >= 0.3 is 12.1 Å². The number of hydrogen-bond donors (Lipinski definition) is 2. The van der Waals surface area contributed by atoms with E-state index in [1.807, 2.05) is 30.3 Å². The molecule has 1 aliphatic rings. The van der Waals surface area contributed by atoms with Crippen molar-refractivity contribution in [1.82, 2.24) is 4.90 Å². The number of rotatable bonds is 3. The summed E-state index contributed by atoms with van der Waals surface area (Å²) in [6, 6.07) is 8.95. The molecule has 1 aromatic rings. The SMILES string of the molecule is CC1(C(=O)O)CCN(C(=O)OCc2ccccc2)CCC1N. The van der Waals surface area contributed by atoms with Crippen LogP contribution in [0.4, 0.5) is 4.79 Å². The third-order valence-corrected chi connectivity index (χ3v) is 4.38. The third kappa shape index (κ3) is 3.57. The van der Waals surface area contributed by atoms with Crippen molar-refractivity contribution in [1.29, 1.82) is 0 Å². The van der Waals surface area contributed by atoms with E-state index in [1.54, 1.807) is 6.92 Å². The van der Waals surface area contributed by atoms with Gasteiger partial charge in [-0.05, 0) is 25.3 Å². The smallest absolute Gasteiger partial charge is 0.410 e. The molecule has 2 atom stereocenters. The maximum Gasteiger partial charge on any atom is 0.410 e. The number of carbonyl (C=O) groups is 2. The predicted molar refractivity (Wildman–Crippen MR) is 81.2 cm³/mol. The maximum absolute atomic E-state index is 12.1. The van der Waals surface area contributed by atoms with E-state index in [0.29, 0.717) is 25.9 Å². The number of benzene rings is 1. The number of nitrogens with two attached hydrogens (primary N) is 1. The first-order valence-corrected chi connectivity index (χ1v) is 7.38. The van der Waals surface area contributed by atoms with Gasteiger partial charge in [0.1, 0.15) is 6.61 Å². The first-order chi connectivity index (χ1) is 10.4. The number of amides is 1. The Morgan fingerprint density at radius 1 is 1.36 bits per heavy atom. The third-order valence-electron chi connectivity index (χ3n) is 4.38. The highest BCUT2D eigenvalue weighted by Crippen LogP contribution is 2.30. The summed E-state index contributed by atoms with van der Waals surface area (Å²) in [5, 5.41) is 9.36. The fourth-order valence-corrected chi connectivity index (χ4v) is 2.54. The molecule has 3 N–H and O–H groups in total. The lowest BCUT2D eigenvalue weighted by Gasteiger charge is -2.28. The van der Waals surface area contributed by atoms with Crippen molar-refractivity contribution < 1.29 is 19.4 Å². The highest BCUT2D eigenvalue weighted by molar-refractivity contribution is 5.75. The molecule has 0 aliphatic carbocycles. The van der Waals surface area contributed by atoms with Gasteiger partial charge < -0.3 is 20.5 Å². The molecule has 1 heterocycles. The van der Waals surface area contributed by atoms with Crippen molar-refractivity contribution in [3.8, 4) is 0 Å². The molecule has 0 spiro atoms. The Morgan fingerprint density at radius 2 is 2.05 bits per heavy atom. The highest BCUT2D eigenvalue weighted by Gasteiger charge is 2.42. The average molecular weight is 306 g/mol. The largest absolute Gasteiger partial charge is 0.481 e. The lowest BCUT2D eigenvalue weighted by Crippen LogP contribution is -2.45. The minimum atomic E-state index is -1.01. The van der Waals surface area contributed by atoms with E-state index < -0.39 is 23.5 Å². The summed E-state index contributed by atoms with van der Waals surface area (Å²) in [5.74, 6) is -0.917. The number of nitrogens with zero attached hydrogens (tertiary/aromatic N) is 1. The molecule has 1 aromatic carbocycles. The number of carboxylic acid groups (broad SMARTS) is 1. The van der Waals surface area contributed by atoms with Gasteiger partial charge in [0.15, 0.2) is 0 Å². The van der Waals surface area contributed by atoms with E-state index >= 15 is 0 Å². The topological polar surface area (TPSA) is 92.9 Å². The highest BCUT2D eigenvalue weighted by atomic mass is 16.6. The second-order valence-electron chi connectivity index (χ2n) is 5.90. The van der Waals surface area contributed by atoms with Gasteiger partial charge in [-0.1, -0.05) is 30.3 Å². The van der Waals surface area contributed by atoms with Crippen LogP contribution in [0.5, 0.6) is 0 Å². The van der Waals surface area contributed by atoms with Gasteiger partial charge in [0.05, 0.1) is 5.41 Å². The van der Waals surface area contributed by atoms with E-state index in [4.69, 9.17) is 10.5 Å². The molecule has 2 unspecified atom stereocenters. The summed E-state index contributed by atoms with van der Waals surface area (Å²) in [7, 11) is 0. The second kappa shape index (κ2) is 6.79. The Labute approximate surface area is 129 Å². The lowest BCUT2D eigenvalue weighted by molar-refractivity contribution is -0.149. The molecule has 1 saturated heterocycles. The number of carboxylic acids is 1. The number of aliphatic carboxylic acids is 1. The maximum atomic E-state index is 12.1. The molecule has 6 nitrogen and oxygen atoms in total. The zero-order chi connectivity index (χ0) is 16.2. The Morgan fingerprint density at radius 3 is 2.68 bits per heavy atom. The van der Waals surface area contributed by atoms with Crippen molar-refractivity contribution in [2.24, 2.45) is 11.1 Å². The second-order valence-corrected chi connectivity index (χ2v) is 5.90. The van der Waals surface area contributed by atoms with Crippen molar-refractivity contribution in [3.63, 3.8) is 0 Å². The zero-order valence-corrected chi connectivity index (χ0v) is 12.7. The van der Waals surface area contributed by atoms with E-state index in [-0.39, 0.29) is 6.61 Å². The first kappa shape index (κ1) is 16.3. The van der Waals surface area contributed by atoms with Gasteiger partial charge in [-0.2, -0.15) is 0 Å². The van der Waals surface area contributed by atoms with Gasteiger partial charge in [0.2, 0.25) is 0 Å². The molecular formula is C16H22N2O4. The lowest BCUT2D eigenvalue weighted by atomic mass is 9.79. The Hall–Kier alpha value is -2.08. The average Bonchev–Trinajstić information content (AvgIpc) is 2.67. The fraction of sp³-hybridized carbons (Fsp3) is 0.500. The molecular weight excluding hydrogens is 284 g/mol. The van der Waals surface area contributed by atoms with Gasteiger partial charge in [0, 0.05) is 19.1 Å². The molecule has 1 fully saturated rings. The zero-order valence-electron chi connectivity index (χ0n) is 12.7. The van der Waals surface area contributed by atoms with Crippen LogP contribution in [0.3, 0.4) is 0 Å². The van der Waals surface area contributed by atoms with E-state index in [9.17, 15) is 14.7 Å². The molecule has 0 bridgehead atoms. The Balaban J connectivity index is 1.93.